The molecule has 2 amide bonds. The summed E-state index contributed by atoms with van der Waals surface area (Å²) < 4.78 is 0. The second-order valence-electron chi connectivity index (χ2n) is 6.89. The highest BCUT2D eigenvalue weighted by Crippen LogP contribution is 2.48. The van der Waals surface area contributed by atoms with Crippen LogP contribution < -0.4 is 5.32 Å². The summed E-state index contributed by atoms with van der Waals surface area (Å²) in [6, 6.07) is 7.37. The smallest absolute Gasteiger partial charge is 0.238 e. The Balaban J connectivity index is 1.59. The van der Waals surface area contributed by atoms with Gasteiger partial charge in [0.05, 0.1) is 0 Å². The maximum absolute atomic E-state index is 12.8. The van der Waals surface area contributed by atoms with Crippen molar-refractivity contribution >= 4 is 23.4 Å². The predicted molar refractivity (Wildman–Crippen MR) is 89.9 cm³/mol. The Morgan fingerprint density at radius 1 is 1.30 bits per heavy atom. The number of likely N-dealkylation sites (tertiary alicyclic amines) is 1. The van der Waals surface area contributed by atoms with Gasteiger partial charge >= 0.3 is 0 Å². The van der Waals surface area contributed by atoms with Crippen molar-refractivity contribution in [1.82, 2.24) is 10.2 Å². The molecule has 1 unspecified atom stereocenters. The van der Waals surface area contributed by atoms with E-state index in [1.54, 1.807) is 12.1 Å². The van der Waals surface area contributed by atoms with Crippen molar-refractivity contribution in [3.05, 3.63) is 34.9 Å². The summed E-state index contributed by atoms with van der Waals surface area (Å²) in [5.41, 5.74) is 0.182. The number of amides is 2. The molecule has 5 heteroatoms. The van der Waals surface area contributed by atoms with Crippen molar-refractivity contribution < 1.29 is 9.59 Å². The van der Waals surface area contributed by atoms with Crippen LogP contribution >= 0.6 is 11.6 Å². The molecule has 1 atom stereocenters. The number of nitrogens with zero attached hydrogens (tertiary/aromatic N) is 1. The van der Waals surface area contributed by atoms with Crippen LogP contribution in [0.3, 0.4) is 0 Å². The minimum Gasteiger partial charge on any atom is -0.351 e. The van der Waals surface area contributed by atoms with Gasteiger partial charge in [0.25, 0.3) is 0 Å². The molecule has 1 saturated heterocycles. The average Bonchev–Trinajstić information content (AvgIpc) is 3.35. The normalized spacial score (nSPS) is 22.5. The first-order valence-corrected chi connectivity index (χ1v) is 8.71. The summed E-state index contributed by atoms with van der Waals surface area (Å²) in [7, 11) is 0. The summed E-state index contributed by atoms with van der Waals surface area (Å²) in [4.78, 5) is 27.2. The van der Waals surface area contributed by atoms with E-state index < -0.39 is 5.41 Å². The molecule has 23 heavy (non-hydrogen) atoms. The Morgan fingerprint density at radius 2 is 2.00 bits per heavy atom. The summed E-state index contributed by atoms with van der Waals surface area (Å²) in [6.07, 6.45) is 3.54. The minimum atomic E-state index is -0.802. The SMILES string of the molecule is CC1CCCN(C(=O)C2(C(=O)NCc3ccc(Cl)cc3)CC2)C1. The largest absolute Gasteiger partial charge is 0.351 e. The van der Waals surface area contributed by atoms with Crippen molar-refractivity contribution in [2.24, 2.45) is 11.3 Å². The van der Waals surface area contributed by atoms with Gasteiger partial charge in [0.1, 0.15) is 5.41 Å². The van der Waals surface area contributed by atoms with E-state index in [2.05, 4.69) is 12.2 Å². The first kappa shape index (κ1) is 16.3. The van der Waals surface area contributed by atoms with Gasteiger partial charge in [-0.05, 0) is 49.3 Å². The Labute approximate surface area is 142 Å². The van der Waals surface area contributed by atoms with Crippen LogP contribution in [0.25, 0.3) is 0 Å². The first-order chi connectivity index (χ1) is 11.0. The lowest BCUT2D eigenvalue weighted by atomic mass is 9.96. The first-order valence-electron chi connectivity index (χ1n) is 8.33. The van der Waals surface area contributed by atoms with Gasteiger partial charge < -0.3 is 10.2 Å². The van der Waals surface area contributed by atoms with Crippen molar-refractivity contribution in [1.29, 1.82) is 0 Å². The molecular weight excluding hydrogens is 312 g/mol. The molecular formula is C18H23ClN2O2. The van der Waals surface area contributed by atoms with E-state index in [0.717, 1.165) is 25.1 Å². The van der Waals surface area contributed by atoms with E-state index in [-0.39, 0.29) is 11.8 Å². The molecule has 3 rings (SSSR count). The van der Waals surface area contributed by atoms with E-state index >= 15 is 0 Å². The van der Waals surface area contributed by atoms with Crippen molar-refractivity contribution in [2.75, 3.05) is 13.1 Å². The summed E-state index contributed by atoms with van der Waals surface area (Å²) >= 11 is 5.86. The summed E-state index contributed by atoms with van der Waals surface area (Å²) in [5.74, 6) is 0.425. The molecule has 0 aromatic heterocycles. The number of hydrogen-bond donors (Lipinski definition) is 1. The van der Waals surface area contributed by atoms with E-state index in [0.29, 0.717) is 30.3 Å². The molecule has 1 aliphatic heterocycles. The van der Waals surface area contributed by atoms with E-state index in [9.17, 15) is 9.59 Å². The molecule has 1 aliphatic carbocycles. The molecule has 0 spiro atoms. The maximum Gasteiger partial charge on any atom is 0.238 e. The average molecular weight is 335 g/mol. The molecule has 4 nitrogen and oxygen atoms in total. The van der Waals surface area contributed by atoms with Gasteiger partial charge in [-0.2, -0.15) is 0 Å². The number of carbonyl (C=O) groups is 2. The summed E-state index contributed by atoms with van der Waals surface area (Å²) in [6.45, 7) is 4.17. The van der Waals surface area contributed by atoms with Crippen LogP contribution in [0.15, 0.2) is 24.3 Å². The Bertz CT molecular complexity index is 596. The third kappa shape index (κ3) is 3.52. The molecule has 124 valence electrons. The lowest BCUT2D eigenvalue weighted by Gasteiger charge is -2.33. The van der Waals surface area contributed by atoms with Crippen LogP contribution in [0.1, 0.15) is 38.2 Å². The molecule has 1 aromatic carbocycles. The predicted octanol–water partition coefficient (Wildman–Crippen LogP) is 2.99. The van der Waals surface area contributed by atoms with E-state index in [1.165, 1.54) is 6.42 Å². The third-order valence-corrected chi connectivity index (χ3v) is 5.16. The van der Waals surface area contributed by atoms with E-state index in [1.807, 2.05) is 17.0 Å². The number of hydrogen-bond acceptors (Lipinski definition) is 2. The zero-order chi connectivity index (χ0) is 16.4. The molecule has 1 saturated carbocycles. The van der Waals surface area contributed by atoms with Crippen LogP contribution in [0, 0.1) is 11.3 Å². The maximum atomic E-state index is 12.8. The van der Waals surface area contributed by atoms with Gasteiger partial charge in [-0.25, -0.2) is 0 Å². The van der Waals surface area contributed by atoms with Gasteiger partial charge in [-0.15, -0.1) is 0 Å². The lowest BCUT2D eigenvalue weighted by Crippen LogP contribution is -2.48. The van der Waals surface area contributed by atoms with Crippen LogP contribution in [-0.2, 0) is 16.1 Å². The number of nitrogens with one attached hydrogen (secondary N) is 1. The number of carbonyl (C=O) groups excluding carboxylic acids is 2. The number of piperidine rings is 1. The Kier molecular flexibility index (Phi) is 4.62. The third-order valence-electron chi connectivity index (χ3n) is 4.90. The fourth-order valence-electron chi connectivity index (χ4n) is 3.29. The topological polar surface area (TPSA) is 49.4 Å². The molecule has 0 bridgehead atoms. The highest BCUT2D eigenvalue weighted by molar-refractivity contribution is 6.30. The molecule has 1 N–H and O–H groups in total. The monoisotopic (exact) mass is 334 g/mol. The lowest BCUT2D eigenvalue weighted by molar-refractivity contribution is -0.145. The molecule has 0 radical (unpaired) electrons. The van der Waals surface area contributed by atoms with Crippen molar-refractivity contribution in [3.8, 4) is 0 Å². The van der Waals surface area contributed by atoms with Gasteiger partial charge in [0.15, 0.2) is 0 Å². The van der Waals surface area contributed by atoms with Crippen molar-refractivity contribution in [2.45, 2.75) is 39.2 Å². The van der Waals surface area contributed by atoms with Gasteiger partial charge in [0.2, 0.25) is 11.8 Å². The summed E-state index contributed by atoms with van der Waals surface area (Å²) in [5, 5.41) is 3.60. The van der Waals surface area contributed by atoms with Crippen molar-refractivity contribution in [3.63, 3.8) is 0 Å². The van der Waals surface area contributed by atoms with Crippen LogP contribution in [0.5, 0.6) is 0 Å². The Hall–Kier alpha value is -1.55. The fourth-order valence-corrected chi connectivity index (χ4v) is 3.42. The molecule has 1 heterocycles. The van der Waals surface area contributed by atoms with Crippen LogP contribution in [0.4, 0.5) is 0 Å². The second kappa shape index (κ2) is 6.52. The zero-order valence-electron chi connectivity index (χ0n) is 13.5. The number of halogens is 1. The zero-order valence-corrected chi connectivity index (χ0v) is 14.2. The minimum absolute atomic E-state index is 0.0256. The highest BCUT2D eigenvalue weighted by Gasteiger charge is 2.58. The molecule has 1 aromatic rings. The van der Waals surface area contributed by atoms with E-state index in [4.69, 9.17) is 11.6 Å². The highest BCUT2D eigenvalue weighted by atomic mass is 35.5. The van der Waals surface area contributed by atoms with Gasteiger partial charge in [-0.3, -0.25) is 9.59 Å². The number of rotatable bonds is 4. The molecule has 2 aliphatic rings. The quantitative estimate of drug-likeness (QED) is 0.860. The standard InChI is InChI=1S/C18H23ClN2O2/c1-13-3-2-10-21(12-13)17(23)18(8-9-18)16(22)20-11-14-4-6-15(19)7-5-14/h4-7,13H,2-3,8-12H2,1H3,(H,20,22). The van der Waals surface area contributed by atoms with Crippen LogP contribution in [0.2, 0.25) is 5.02 Å². The van der Waals surface area contributed by atoms with Gasteiger partial charge in [-0.1, -0.05) is 30.7 Å². The second-order valence-corrected chi connectivity index (χ2v) is 7.33. The van der Waals surface area contributed by atoms with Crippen LogP contribution in [-0.4, -0.2) is 29.8 Å². The Morgan fingerprint density at radius 3 is 2.61 bits per heavy atom. The molecule has 2 fully saturated rings. The fraction of sp³-hybridized carbons (Fsp3) is 0.556. The van der Waals surface area contributed by atoms with Gasteiger partial charge in [0, 0.05) is 24.7 Å². The number of benzene rings is 1.